The molecule has 8 heteroatoms. The van der Waals surface area contributed by atoms with Gasteiger partial charge in [-0.2, -0.15) is 4.52 Å². The first-order valence-electron chi connectivity index (χ1n) is 8.92. The number of fused-ring (bicyclic) bond motifs is 1. The number of hydrogen-bond acceptors (Lipinski definition) is 7. The molecule has 0 aliphatic carbocycles. The maximum atomic E-state index is 9.99. The highest BCUT2D eigenvalue weighted by atomic mass is 16.3. The second-order valence-electron chi connectivity index (χ2n) is 7.07. The number of phenolic OH excluding ortho intramolecular Hbond substituents is 1. The highest BCUT2D eigenvalue weighted by Gasteiger charge is 2.20. The lowest BCUT2D eigenvalue weighted by molar-refractivity contribution is 0.248. The molecule has 0 saturated carbocycles. The van der Waals surface area contributed by atoms with Gasteiger partial charge >= 0.3 is 0 Å². The van der Waals surface area contributed by atoms with Crippen molar-refractivity contribution in [2.45, 2.75) is 26.3 Å². The lowest BCUT2D eigenvalue weighted by Crippen LogP contribution is -2.46. The van der Waals surface area contributed by atoms with E-state index in [0.717, 1.165) is 44.1 Å². The molecule has 0 spiro atoms. The number of aromatic nitrogens is 5. The number of nitrogens with zero attached hydrogens (tertiary/aromatic N) is 7. The fraction of sp³-hybridized carbons (Fsp3) is 0.444. The molecule has 2 aromatic heterocycles. The van der Waals surface area contributed by atoms with Crippen molar-refractivity contribution in [2.75, 3.05) is 31.1 Å². The molecule has 1 fully saturated rings. The zero-order valence-corrected chi connectivity index (χ0v) is 15.1. The molecule has 3 aromatic rings. The second-order valence-corrected chi connectivity index (χ2v) is 7.07. The van der Waals surface area contributed by atoms with Gasteiger partial charge in [-0.1, -0.05) is 19.9 Å². The van der Waals surface area contributed by atoms with Crippen molar-refractivity contribution in [1.82, 2.24) is 29.9 Å². The molecule has 26 heavy (non-hydrogen) atoms. The molecule has 1 saturated heterocycles. The Labute approximate surface area is 152 Å². The Morgan fingerprint density at radius 3 is 2.65 bits per heavy atom. The number of tetrazole rings is 1. The molecule has 0 atom stereocenters. The molecule has 8 nitrogen and oxygen atoms in total. The SMILES string of the molecule is CC(C)c1cc(O)cc(CN2CCN(c3cncc4nnnn34)CC2)c1. The number of aromatic hydroxyl groups is 1. The molecule has 0 amide bonds. The minimum atomic E-state index is 0.348. The fourth-order valence-electron chi connectivity index (χ4n) is 3.40. The van der Waals surface area contributed by atoms with Crippen molar-refractivity contribution >= 4 is 11.5 Å². The number of rotatable bonds is 4. The number of hydrogen-bond donors (Lipinski definition) is 1. The zero-order valence-electron chi connectivity index (χ0n) is 15.1. The van der Waals surface area contributed by atoms with E-state index in [1.165, 1.54) is 5.56 Å². The molecule has 1 aliphatic rings. The van der Waals surface area contributed by atoms with Crippen LogP contribution >= 0.6 is 0 Å². The lowest BCUT2D eigenvalue weighted by Gasteiger charge is -2.35. The van der Waals surface area contributed by atoms with Crippen LogP contribution in [0.25, 0.3) is 5.65 Å². The van der Waals surface area contributed by atoms with Gasteiger partial charge in [0, 0.05) is 32.7 Å². The van der Waals surface area contributed by atoms with Crippen LogP contribution in [0.1, 0.15) is 30.9 Å². The van der Waals surface area contributed by atoms with Crippen LogP contribution in [-0.2, 0) is 6.54 Å². The Morgan fingerprint density at radius 1 is 1.08 bits per heavy atom. The molecule has 0 unspecified atom stereocenters. The minimum Gasteiger partial charge on any atom is -0.508 e. The summed E-state index contributed by atoms with van der Waals surface area (Å²) in [5.41, 5.74) is 2.99. The van der Waals surface area contributed by atoms with Crippen LogP contribution < -0.4 is 4.90 Å². The summed E-state index contributed by atoms with van der Waals surface area (Å²) < 4.78 is 1.73. The van der Waals surface area contributed by atoms with Gasteiger partial charge < -0.3 is 10.0 Å². The first kappa shape index (κ1) is 16.7. The molecular weight excluding hydrogens is 330 g/mol. The van der Waals surface area contributed by atoms with Crippen LogP contribution in [0.4, 0.5) is 5.82 Å². The van der Waals surface area contributed by atoms with Crippen molar-refractivity contribution in [1.29, 1.82) is 0 Å². The maximum absolute atomic E-state index is 9.99. The third kappa shape index (κ3) is 3.32. The first-order valence-corrected chi connectivity index (χ1v) is 8.92. The van der Waals surface area contributed by atoms with Gasteiger partial charge in [-0.25, -0.2) is 0 Å². The molecular formula is C18H23N7O. The second kappa shape index (κ2) is 6.87. The summed E-state index contributed by atoms with van der Waals surface area (Å²) in [6, 6.07) is 5.92. The van der Waals surface area contributed by atoms with Crippen LogP contribution in [0, 0.1) is 0 Å². The van der Waals surface area contributed by atoms with Gasteiger partial charge in [-0.15, -0.1) is 5.10 Å². The maximum Gasteiger partial charge on any atom is 0.199 e. The average Bonchev–Trinajstić information content (AvgIpc) is 3.10. The largest absolute Gasteiger partial charge is 0.508 e. The van der Waals surface area contributed by atoms with Gasteiger partial charge in [-0.05, 0) is 39.6 Å². The van der Waals surface area contributed by atoms with Gasteiger partial charge in [0.2, 0.25) is 0 Å². The smallest absolute Gasteiger partial charge is 0.199 e. The van der Waals surface area contributed by atoms with E-state index in [2.05, 4.69) is 50.2 Å². The van der Waals surface area contributed by atoms with E-state index < -0.39 is 0 Å². The predicted octanol–water partition coefficient (Wildman–Crippen LogP) is 1.67. The highest BCUT2D eigenvalue weighted by molar-refractivity contribution is 5.46. The Kier molecular flexibility index (Phi) is 4.42. The van der Waals surface area contributed by atoms with Crippen molar-refractivity contribution in [3.05, 3.63) is 41.7 Å². The summed E-state index contributed by atoms with van der Waals surface area (Å²) in [6.07, 6.45) is 3.47. The molecule has 3 heterocycles. The van der Waals surface area contributed by atoms with Crippen LogP contribution in [0.15, 0.2) is 30.6 Å². The normalized spacial score (nSPS) is 15.9. The van der Waals surface area contributed by atoms with E-state index in [4.69, 9.17) is 0 Å². The summed E-state index contributed by atoms with van der Waals surface area (Å²) in [5, 5.41) is 21.7. The van der Waals surface area contributed by atoms with E-state index in [1.807, 2.05) is 18.3 Å². The quantitative estimate of drug-likeness (QED) is 0.764. The third-order valence-corrected chi connectivity index (χ3v) is 4.86. The van der Waals surface area contributed by atoms with Gasteiger partial charge in [-0.3, -0.25) is 9.88 Å². The standard InChI is InChI=1S/C18H23N7O/c1-13(2)15-7-14(8-16(26)9-15)12-23-3-5-24(6-4-23)18-11-19-10-17-20-21-22-25(17)18/h7-11,13,26H,3-6,12H2,1-2H3. The van der Waals surface area contributed by atoms with E-state index in [9.17, 15) is 5.11 Å². The van der Waals surface area contributed by atoms with Gasteiger partial charge in [0.05, 0.1) is 12.4 Å². The highest BCUT2D eigenvalue weighted by Crippen LogP contribution is 2.24. The van der Waals surface area contributed by atoms with Crippen molar-refractivity contribution in [2.24, 2.45) is 0 Å². The molecule has 4 rings (SSSR count). The van der Waals surface area contributed by atoms with E-state index in [0.29, 0.717) is 17.3 Å². The average molecular weight is 353 g/mol. The van der Waals surface area contributed by atoms with Crippen molar-refractivity contribution < 1.29 is 5.11 Å². The fourth-order valence-corrected chi connectivity index (χ4v) is 3.40. The zero-order chi connectivity index (χ0) is 18.1. The number of piperazine rings is 1. The Bertz CT molecular complexity index is 899. The molecule has 1 aromatic carbocycles. The van der Waals surface area contributed by atoms with Gasteiger partial charge in [0.25, 0.3) is 0 Å². The van der Waals surface area contributed by atoms with E-state index in [-0.39, 0.29) is 0 Å². The summed E-state index contributed by atoms with van der Waals surface area (Å²) in [6.45, 7) is 8.77. The summed E-state index contributed by atoms with van der Waals surface area (Å²) >= 11 is 0. The summed E-state index contributed by atoms with van der Waals surface area (Å²) in [5.74, 6) is 1.68. The molecule has 1 aliphatic heterocycles. The molecule has 0 bridgehead atoms. The summed E-state index contributed by atoms with van der Waals surface area (Å²) in [4.78, 5) is 8.90. The van der Waals surface area contributed by atoms with Crippen LogP contribution in [0.2, 0.25) is 0 Å². The van der Waals surface area contributed by atoms with Crippen molar-refractivity contribution in [3.63, 3.8) is 0 Å². The minimum absolute atomic E-state index is 0.348. The summed E-state index contributed by atoms with van der Waals surface area (Å²) in [7, 11) is 0. The topological polar surface area (TPSA) is 82.7 Å². The molecule has 136 valence electrons. The Balaban J connectivity index is 1.43. The Morgan fingerprint density at radius 2 is 1.88 bits per heavy atom. The van der Waals surface area contributed by atoms with Crippen molar-refractivity contribution in [3.8, 4) is 5.75 Å². The number of anilines is 1. The van der Waals surface area contributed by atoms with Gasteiger partial charge in [0.1, 0.15) is 5.75 Å². The monoisotopic (exact) mass is 353 g/mol. The van der Waals surface area contributed by atoms with Gasteiger partial charge in [0.15, 0.2) is 11.5 Å². The van der Waals surface area contributed by atoms with E-state index >= 15 is 0 Å². The van der Waals surface area contributed by atoms with Crippen LogP contribution in [0.5, 0.6) is 5.75 Å². The van der Waals surface area contributed by atoms with E-state index in [1.54, 1.807) is 10.7 Å². The first-order chi connectivity index (χ1) is 12.6. The predicted molar refractivity (Wildman–Crippen MR) is 98.3 cm³/mol. The Hall–Kier alpha value is -2.74. The third-order valence-electron chi connectivity index (χ3n) is 4.86. The molecule has 1 N–H and O–H groups in total. The van der Waals surface area contributed by atoms with Crippen LogP contribution in [0.3, 0.4) is 0 Å². The van der Waals surface area contributed by atoms with Crippen LogP contribution in [-0.4, -0.2) is 61.2 Å². The number of phenols is 1. The number of benzene rings is 1. The molecule has 0 radical (unpaired) electrons. The lowest BCUT2D eigenvalue weighted by atomic mass is 10.00.